The number of nitrogens with zero attached hydrogens (tertiary/aromatic N) is 1. The van der Waals surface area contributed by atoms with E-state index < -0.39 is 6.04 Å². The van der Waals surface area contributed by atoms with E-state index in [0.717, 1.165) is 0 Å². The summed E-state index contributed by atoms with van der Waals surface area (Å²) in [4.78, 5) is 25.3. The molecule has 1 unspecified atom stereocenters. The molecule has 1 atom stereocenters. The van der Waals surface area contributed by atoms with Crippen LogP contribution >= 0.6 is 0 Å². The molecule has 5 nitrogen and oxygen atoms in total. The fourth-order valence-electron chi connectivity index (χ4n) is 1.84. The highest BCUT2D eigenvalue weighted by molar-refractivity contribution is 5.98. The lowest BCUT2D eigenvalue weighted by Crippen LogP contribution is -2.36. The summed E-state index contributed by atoms with van der Waals surface area (Å²) in [6.07, 6.45) is 0.627. The zero-order chi connectivity index (χ0) is 15.3. The van der Waals surface area contributed by atoms with Gasteiger partial charge in [0.1, 0.15) is 0 Å². The van der Waals surface area contributed by atoms with Crippen LogP contribution in [0.1, 0.15) is 30.6 Å². The van der Waals surface area contributed by atoms with Gasteiger partial charge in [-0.2, -0.15) is 0 Å². The second-order valence-electron chi connectivity index (χ2n) is 5.51. The summed E-state index contributed by atoms with van der Waals surface area (Å²) in [6, 6.07) is 6.31. The minimum Gasteiger partial charge on any atom is -0.345 e. The van der Waals surface area contributed by atoms with Gasteiger partial charge in [-0.05, 0) is 30.5 Å². The average molecular weight is 277 g/mol. The first-order valence-corrected chi connectivity index (χ1v) is 6.69. The maximum Gasteiger partial charge on any atom is 0.253 e. The number of amides is 2. The van der Waals surface area contributed by atoms with Crippen LogP contribution in [0.3, 0.4) is 0 Å². The lowest BCUT2D eigenvalue weighted by Gasteiger charge is -2.15. The molecule has 1 aromatic carbocycles. The van der Waals surface area contributed by atoms with Crippen molar-refractivity contribution >= 4 is 17.5 Å². The molecule has 0 aromatic heterocycles. The number of nitrogens with two attached hydrogens (primary N) is 1. The van der Waals surface area contributed by atoms with Gasteiger partial charge in [-0.25, -0.2) is 0 Å². The van der Waals surface area contributed by atoms with E-state index in [1.807, 2.05) is 13.8 Å². The van der Waals surface area contributed by atoms with Gasteiger partial charge in [0.25, 0.3) is 5.91 Å². The predicted octanol–water partition coefficient (Wildman–Crippen LogP) is 1.70. The van der Waals surface area contributed by atoms with Crippen molar-refractivity contribution in [3.63, 3.8) is 0 Å². The monoisotopic (exact) mass is 277 g/mol. The van der Waals surface area contributed by atoms with Crippen molar-refractivity contribution in [3.05, 3.63) is 29.8 Å². The van der Waals surface area contributed by atoms with E-state index in [0.29, 0.717) is 23.6 Å². The van der Waals surface area contributed by atoms with Crippen LogP contribution in [0.4, 0.5) is 5.69 Å². The Balaban J connectivity index is 2.76. The number of carbonyl (C=O) groups is 2. The van der Waals surface area contributed by atoms with Gasteiger partial charge >= 0.3 is 0 Å². The second kappa shape index (κ2) is 7.05. The Bertz CT molecular complexity index is 484. The molecule has 1 aromatic rings. The fraction of sp³-hybridized carbons (Fsp3) is 0.467. The van der Waals surface area contributed by atoms with E-state index in [4.69, 9.17) is 5.73 Å². The zero-order valence-electron chi connectivity index (χ0n) is 12.5. The van der Waals surface area contributed by atoms with Gasteiger partial charge in [0, 0.05) is 25.3 Å². The number of anilines is 1. The van der Waals surface area contributed by atoms with Crippen LogP contribution < -0.4 is 11.1 Å². The van der Waals surface area contributed by atoms with Crippen LogP contribution in [0.2, 0.25) is 0 Å². The van der Waals surface area contributed by atoms with Gasteiger partial charge in [-0.15, -0.1) is 0 Å². The van der Waals surface area contributed by atoms with E-state index >= 15 is 0 Å². The van der Waals surface area contributed by atoms with Crippen LogP contribution in [0.5, 0.6) is 0 Å². The van der Waals surface area contributed by atoms with Crippen molar-refractivity contribution < 1.29 is 9.59 Å². The van der Waals surface area contributed by atoms with Crippen molar-refractivity contribution in [1.29, 1.82) is 0 Å². The number of benzene rings is 1. The molecule has 2 amide bonds. The summed E-state index contributed by atoms with van der Waals surface area (Å²) in [5.74, 6) is 0.0260. The van der Waals surface area contributed by atoms with Crippen LogP contribution in [0, 0.1) is 5.92 Å². The molecule has 0 saturated heterocycles. The van der Waals surface area contributed by atoms with E-state index in [1.54, 1.807) is 38.4 Å². The first-order chi connectivity index (χ1) is 9.31. The Morgan fingerprint density at radius 1 is 1.30 bits per heavy atom. The molecule has 20 heavy (non-hydrogen) atoms. The number of nitrogens with one attached hydrogen (secondary N) is 1. The van der Waals surface area contributed by atoms with Crippen LogP contribution in [-0.2, 0) is 4.79 Å². The van der Waals surface area contributed by atoms with Crippen molar-refractivity contribution in [2.24, 2.45) is 11.7 Å². The standard InChI is InChI=1S/C15H23N3O2/c1-10(2)8-13(16)14(19)17-12-7-5-6-11(9-12)15(20)18(3)4/h5-7,9-10,13H,8,16H2,1-4H3,(H,17,19). The molecule has 0 heterocycles. The largest absolute Gasteiger partial charge is 0.345 e. The number of hydrogen-bond donors (Lipinski definition) is 2. The first-order valence-electron chi connectivity index (χ1n) is 6.69. The normalized spacial score (nSPS) is 12.1. The minimum atomic E-state index is -0.539. The molecule has 0 bridgehead atoms. The molecule has 1 rings (SSSR count). The summed E-state index contributed by atoms with van der Waals surface area (Å²) >= 11 is 0. The maximum atomic E-state index is 11.9. The Morgan fingerprint density at radius 3 is 2.50 bits per heavy atom. The Kier molecular flexibility index (Phi) is 5.70. The molecule has 0 radical (unpaired) electrons. The van der Waals surface area contributed by atoms with Crippen molar-refractivity contribution in [3.8, 4) is 0 Å². The molecular weight excluding hydrogens is 254 g/mol. The molecular formula is C15H23N3O2. The molecule has 110 valence electrons. The van der Waals surface area contributed by atoms with Crippen molar-refractivity contribution in [2.75, 3.05) is 19.4 Å². The van der Waals surface area contributed by atoms with Crippen molar-refractivity contribution in [1.82, 2.24) is 4.90 Å². The molecule has 0 aliphatic rings. The van der Waals surface area contributed by atoms with Gasteiger partial charge in [-0.3, -0.25) is 9.59 Å². The minimum absolute atomic E-state index is 0.104. The van der Waals surface area contributed by atoms with E-state index in [9.17, 15) is 9.59 Å². The van der Waals surface area contributed by atoms with Crippen LogP contribution in [0.15, 0.2) is 24.3 Å². The van der Waals surface area contributed by atoms with E-state index in [-0.39, 0.29) is 11.8 Å². The van der Waals surface area contributed by atoms with Crippen molar-refractivity contribution in [2.45, 2.75) is 26.3 Å². The number of rotatable bonds is 5. The maximum absolute atomic E-state index is 11.9. The van der Waals surface area contributed by atoms with Crippen LogP contribution in [-0.4, -0.2) is 36.9 Å². The number of hydrogen-bond acceptors (Lipinski definition) is 3. The highest BCUT2D eigenvalue weighted by Gasteiger charge is 2.16. The SMILES string of the molecule is CC(C)CC(N)C(=O)Nc1cccc(C(=O)N(C)C)c1. The van der Waals surface area contributed by atoms with Gasteiger partial charge in [0.05, 0.1) is 6.04 Å². The summed E-state index contributed by atoms with van der Waals surface area (Å²) in [5.41, 5.74) is 6.94. The lowest BCUT2D eigenvalue weighted by molar-refractivity contribution is -0.117. The summed E-state index contributed by atoms with van der Waals surface area (Å²) in [5, 5.41) is 2.75. The quantitative estimate of drug-likeness (QED) is 0.860. The molecule has 0 aliphatic heterocycles. The molecule has 0 fully saturated rings. The molecule has 5 heteroatoms. The average Bonchev–Trinajstić information content (AvgIpc) is 2.37. The van der Waals surface area contributed by atoms with E-state index in [2.05, 4.69) is 5.32 Å². The Labute approximate surface area is 120 Å². The van der Waals surface area contributed by atoms with Gasteiger partial charge in [-0.1, -0.05) is 19.9 Å². The Morgan fingerprint density at radius 2 is 1.95 bits per heavy atom. The highest BCUT2D eigenvalue weighted by Crippen LogP contribution is 2.13. The second-order valence-corrected chi connectivity index (χ2v) is 5.51. The van der Waals surface area contributed by atoms with Crippen LogP contribution in [0.25, 0.3) is 0 Å². The Hall–Kier alpha value is -1.88. The number of carbonyl (C=O) groups excluding carboxylic acids is 2. The third-order valence-electron chi connectivity index (χ3n) is 2.85. The topological polar surface area (TPSA) is 75.4 Å². The summed E-state index contributed by atoms with van der Waals surface area (Å²) < 4.78 is 0. The van der Waals surface area contributed by atoms with Gasteiger partial charge < -0.3 is 16.0 Å². The summed E-state index contributed by atoms with van der Waals surface area (Å²) in [7, 11) is 3.37. The summed E-state index contributed by atoms with van der Waals surface area (Å²) in [6.45, 7) is 4.03. The zero-order valence-corrected chi connectivity index (χ0v) is 12.5. The third kappa shape index (κ3) is 4.66. The molecule has 0 spiro atoms. The highest BCUT2D eigenvalue weighted by atomic mass is 16.2. The lowest BCUT2D eigenvalue weighted by atomic mass is 10.0. The first kappa shape index (κ1) is 16.2. The van der Waals surface area contributed by atoms with Gasteiger partial charge in [0.15, 0.2) is 0 Å². The fourth-order valence-corrected chi connectivity index (χ4v) is 1.84. The third-order valence-corrected chi connectivity index (χ3v) is 2.85. The van der Waals surface area contributed by atoms with Gasteiger partial charge in [0.2, 0.25) is 5.91 Å². The smallest absolute Gasteiger partial charge is 0.253 e. The molecule has 0 saturated carbocycles. The van der Waals surface area contributed by atoms with E-state index in [1.165, 1.54) is 4.90 Å². The molecule has 0 aliphatic carbocycles. The molecule has 3 N–H and O–H groups in total. The predicted molar refractivity (Wildman–Crippen MR) is 80.5 cm³/mol.